The van der Waals surface area contributed by atoms with Crippen LogP contribution in [0, 0.1) is 6.92 Å². The number of rotatable bonds is 4. The Morgan fingerprint density at radius 3 is 2.89 bits per heavy atom. The first kappa shape index (κ1) is 18.0. The number of carboxylic acids is 1. The number of aliphatic carboxylic acids is 1. The minimum Gasteiger partial charge on any atom is -0.506 e. The molecule has 3 heterocycles. The summed E-state index contributed by atoms with van der Waals surface area (Å²) in [6.07, 6.45) is 1.62. The lowest BCUT2D eigenvalue weighted by Crippen LogP contribution is -2.39. The minimum atomic E-state index is -1.26. The van der Waals surface area contributed by atoms with Crippen LogP contribution < -0.4 is 15.6 Å². The van der Waals surface area contributed by atoms with Gasteiger partial charge in [-0.05, 0) is 18.6 Å². The molecule has 10 heteroatoms. The third-order valence-electron chi connectivity index (χ3n) is 4.60. The zero-order valence-corrected chi connectivity index (χ0v) is 15.4. The number of carbonyl (C=O) groups excluding carboxylic acids is 1. The lowest BCUT2D eigenvalue weighted by molar-refractivity contribution is -0.135. The van der Waals surface area contributed by atoms with Crippen molar-refractivity contribution in [1.82, 2.24) is 14.9 Å². The van der Waals surface area contributed by atoms with Crippen LogP contribution in [0.1, 0.15) is 26.8 Å². The van der Waals surface area contributed by atoms with E-state index in [-0.39, 0.29) is 12.0 Å². The van der Waals surface area contributed by atoms with Crippen LogP contribution in [0.4, 0.5) is 0 Å². The number of carboxylic acid groups (broad SMARTS) is 1. The Hall–Kier alpha value is -3.40. The van der Waals surface area contributed by atoms with Gasteiger partial charge in [-0.15, -0.1) is 11.3 Å². The van der Waals surface area contributed by atoms with Crippen LogP contribution in [0.25, 0.3) is 10.9 Å². The summed E-state index contributed by atoms with van der Waals surface area (Å²) in [5.41, 5.74) is 1.58. The Morgan fingerprint density at radius 2 is 2.21 bits per heavy atom. The van der Waals surface area contributed by atoms with Crippen LogP contribution >= 0.6 is 11.3 Å². The van der Waals surface area contributed by atoms with E-state index in [0.29, 0.717) is 11.3 Å². The lowest BCUT2D eigenvalue weighted by atomic mass is 10.0. The molecule has 28 heavy (non-hydrogen) atoms. The normalized spacial score (nSPS) is 15.2. The molecule has 0 fully saturated rings. The Kier molecular flexibility index (Phi) is 4.27. The predicted molar refractivity (Wildman–Crippen MR) is 100 cm³/mol. The largest absolute Gasteiger partial charge is 0.506 e. The maximum Gasteiger partial charge on any atom is 0.322 e. The molecule has 0 radical (unpaired) electrons. The molecule has 0 saturated carbocycles. The molecular formula is C18H15N3O6S. The first-order valence-electron chi connectivity index (χ1n) is 8.32. The van der Waals surface area contributed by atoms with Gasteiger partial charge in [0, 0.05) is 11.6 Å². The molecule has 0 aliphatic carbocycles. The summed E-state index contributed by atoms with van der Waals surface area (Å²) in [6.45, 7) is 1.31. The summed E-state index contributed by atoms with van der Waals surface area (Å²) >= 11 is 1.34. The molecule has 1 aromatic carbocycles. The molecule has 3 aromatic rings. The molecule has 1 atom stereocenters. The average Bonchev–Trinajstić information content (AvgIpc) is 3.19. The molecule has 1 aliphatic heterocycles. The van der Waals surface area contributed by atoms with Gasteiger partial charge in [0.1, 0.15) is 36.3 Å². The van der Waals surface area contributed by atoms with Crippen molar-refractivity contribution < 1.29 is 24.5 Å². The fourth-order valence-electron chi connectivity index (χ4n) is 3.33. The number of nitrogens with zero attached hydrogens (tertiary/aromatic N) is 2. The van der Waals surface area contributed by atoms with E-state index in [1.54, 1.807) is 23.8 Å². The lowest BCUT2D eigenvalue weighted by Gasteiger charge is -2.29. The number of amides is 1. The fourth-order valence-corrected chi connectivity index (χ4v) is 4.02. The Balaban J connectivity index is 2.02. The minimum absolute atomic E-state index is 0.163. The molecule has 2 aromatic heterocycles. The van der Waals surface area contributed by atoms with Gasteiger partial charge in [-0.1, -0.05) is 6.07 Å². The highest BCUT2D eigenvalue weighted by molar-refractivity contribution is 7.09. The maximum atomic E-state index is 13.2. The maximum absolute atomic E-state index is 13.2. The van der Waals surface area contributed by atoms with Crippen LogP contribution in [-0.4, -0.2) is 44.8 Å². The molecule has 0 spiro atoms. The van der Waals surface area contributed by atoms with E-state index in [0.717, 1.165) is 10.4 Å². The first-order chi connectivity index (χ1) is 13.4. The summed E-state index contributed by atoms with van der Waals surface area (Å²) < 4.78 is 7.30. The second-order valence-corrected chi connectivity index (χ2v) is 7.23. The molecule has 4 rings (SSSR count). The van der Waals surface area contributed by atoms with Gasteiger partial charge in [-0.3, -0.25) is 23.9 Å². The number of carbonyl (C=O) groups is 2. The van der Waals surface area contributed by atoms with Crippen molar-refractivity contribution in [2.24, 2.45) is 0 Å². The van der Waals surface area contributed by atoms with Gasteiger partial charge in [0.05, 0.1) is 15.9 Å². The quantitative estimate of drug-likeness (QED) is 0.600. The molecule has 3 N–H and O–H groups in total. The fraction of sp³-hybridized carbons (Fsp3) is 0.222. The molecule has 1 amide bonds. The number of ether oxygens (including phenoxy) is 1. The van der Waals surface area contributed by atoms with Crippen LogP contribution in [0.15, 0.2) is 28.6 Å². The summed E-state index contributed by atoms with van der Waals surface area (Å²) in [6, 6.07) is 2.80. The molecular weight excluding hydrogens is 386 g/mol. The highest BCUT2D eigenvalue weighted by Gasteiger charge is 2.32. The van der Waals surface area contributed by atoms with Crippen LogP contribution in [0.3, 0.4) is 0 Å². The number of pyridine rings is 1. The third-order valence-corrected chi connectivity index (χ3v) is 5.47. The molecule has 9 nitrogen and oxygen atoms in total. The van der Waals surface area contributed by atoms with Gasteiger partial charge in [-0.2, -0.15) is 0 Å². The number of nitrogens with one attached hydrogen (secondary N) is 1. The number of hydrogen-bond donors (Lipinski definition) is 3. The first-order valence-corrected chi connectivity index (χ1v) is 9.20. The Labute approximate surface area is 161 Å². The number of thiazole rings is 1. The van der Waals surface area contributed by atoms with Crippen molar-refractivity contribution in [3.63, 3.8) is 0 Å². The van der Waals surface area contributed by atoms with Crippen molar-refractivity contribution in [1.29, 1.82) is 0 Å². The summed E-state index contributed by atoms with van der Waals surface area (Å²) in [4.78, 5) is 41.3. The third kappa shape index (κ3) is 2.69. The Bertz CT molecular complexity index is 1170. The molecule has 1 aliphatic rings. The monoisotopic (exact) mass is 401 g/mol. The molecule has 1 unspecified atom stereocenters. The van der Waals surface area contributed by atoms with Crippen molar-refractivity contribution >= 4 is 34.1 Å². The predicted octanol–water partition coefficient (Wildman–Crippen LogP) is 1.27. The van der Waals surface area contributed by atoms with Crippen LogP contribution in [-0.2, 0) is 4.79 Å². The van der Waals surface area contributed by atoms with E-state index >= 15 is 0 Å². The molecule has 0 bridgehead atoms. The van der Waals surface area contributed by atoms with Gasteiger partial charge in [0.2, 0.25) is 0 Å². The van der Waals surface area contributed by atoms with Crippen molar-refractivity contribution in [3.8, 4) is 11.5 Å². The van der Waals surface area contributed by atoms with E-state index in [4.69, 9.17) is 9.84 Å². The van der Waals surface area contributed by atoms with E-state index < -0.39 is 41.3 Å². The zero-order valence-electron chi connectivity index (χ0n) is 14.6. The number of hydrogen-bond acceptors (Lipinski definition) is 7. The van der Waals surface area contributed by atoms with Gasteiger partial charge in [0.25, 0.3) is 11.5 Å². The summed E-state index contributed by atoms with van der Waals surface area (Å²) in [7, 11) is 0. The van der Waals surface area contributed by atoms with Crippen molar-refractivity contribution in [2.45, 2.75) is 13.0 Å². The number of aromatic hydroxyl groups is 1. The summed E-state index contributed by atoms with van der Waals surface area (Å²) in [5, 5.41) is 21.8. The van der Waals surface area contributed by atoms with E-state index in [1.165, 1.54) is 15.9 Å². The van der Waals surface area contributed by atoms with Crippen LogP contribution in [0.2, 0.25) is 0 Å². The number of aromatic nitrogens is 2. The highest BCUT2D eigenvalue weighted by atomic mass is 32.1. The van der Waals surface area contributed by atoms with Gasteiger partial charge >= 0.3 is 5.97 Å². The van der Waals surface area contributed by atoms with E-state index in [1.807, 2.05) is 6.92 Å². The van der Waals surface area contributed by atoms with E-state index in [9.17, 15) is 19.5 Å². The second-order valence-electron chi connectivity index (χ2n) is 6.31. The average molecular weight is 401 g/mol. The SMILES string of the molecule is Cc1ccc2c(O)c(C(=O)NCC(=O)O)c(=O)n3c2c1OCC3c1cncs1. The summed E-state index contributed by atoms with van der Waals surface area (Å²) in [5.74, 6) is -2.26. The van der Waals surface area contributed by atoms with Crippen molar-refractivity contribution in [2.75, 3.05) is 13.2 Å². The standard InChI is InChI=1S/C18H15N3O6S/c1-8-2-3-9-14-16(8)27-6-10(11-4-19-7-28-11)21(14)18(26)13(15(9)24)17(25)20-5-12(22)23/h2-4,7,10,24H,5-6H2,1H3,(H,20,25)(H,22,23). The van der Waals surface area contributed by atoms with Crippen molar-refractivity contribution in [3.05, 3.63) is 50.2 Å². The smallest absolute Gasteiger partial charge is 0.322 e. The van der Waals surface area contributed by atoms with Crippen LogP contribution in [0.5, 0.6) is 11.5 Å². The molecule has 0 saturated heterocycles. The zero-order chi connectivity index (χ0) is 20.0. The van der Waals surface area contributed by atoms with Gasteiger partial charge < -0.3 is 20.3 Å². The van der Waals surface area contributed by atoms with Gasteiger partial charge in [0.15, 0.2) is 0 Å². The topological polar surface area (TPSA) is 131 Å². The number of benzene rings is 1. The number of aryl methyl sites for hydroxylation is 1. The van der Waals surface area contributed by atoms with E-state index in [2.05, 4.69) is 10.3 Å². The highest BCUT2D eigenvalue weighted by Crippen LogP contribution is 2.40. The molecule has 144 valence electrons. The Morgan fingerprint density at radius 1 is 1.43 bits per heavy atom. The second kappa shape index (κ2) is 6.64. The van der Waals surface area contributed by atoms with Gasteiger partial charge in [-0.25, -0.2) is 0 Å².